The number of carbonyl (C=O) groups is 1. The molecule has 1 amide bonds. The fraction of sp³-hybridized carbons (Fsp3) is 0.333. The normalized spacial score (nSPS) is 11.6. The minimum absolute atomic E-state index is 0.0529. The lowest BCUT2D eigenvalue weighted by molar-refractivity contribution is -0.114. The molecule has 2 aromatic heterocycles. The van der Waals surface area contributed by atoms with Crippen molar-refractivity contribution in [2.45, 2.75) is 13.3 Å². The van der Waals surface area contributed by atoms with E-state index in [4.69, 9.17) is 9.72 Å². The Morgan fingerprint density at radius 1 is 1.25 bits per heavy atom. The monoisotopic (exact) mass is 415 g/mol. The molecular weight excluding hydrogens is 390 g/mol. The summed E-state index contributed by atoms with van der Waals surface area (Å²) in [6.45, 7) is 3.58. The van der Waals surface area contributed by atoms with E-state index in [-0.39, 0.29) is 5.91 Å². The average Bonchev–Trinajstić information content (AvgIpc) is 3.33. The van der Waals surface area contributed by atoms with Crippen LogP contribution in [-0.2, 0) is 4.79 Å². The number of aromatic nitrogens is 1. The summed E-state index contributed by atoms with van der Waals surface area (Å²) in [5.41, 5.74) is 1.95. The predicted octanol–water partition coefficient (Wildman–Crippen LogP) is 4.67. The molecule has 28 heavy (non-hydrogen) atoms. The van der Waals surface area contributed by atoms with Gasteiger partial charge in [0.05, 0.1) is 11.8 Å². The zero-order valence-electron chi connectivity index (χ0n) is 16.6. The quantitative estimate of drug-likeness (QED) is 0.502. The number of benzene rings is 1. The fourth-order valence-electron chi connectivity index (χ4n) is 2.85. The number of carbonyl (C=O) groups excluding carboxylic acids is 1. The number of amides is 1. The largest absolute Gasteiger partial charge is 0.494 e. The summed E-state index contributed by atoms with van der Waals surface area (Å²) in [6, 6.07) is 7.93. The summed E-state index contributed by atoms with van der Waals surface area (Å²) < 4.78 is 6.52. The minimum Gasteiger partial charge on any atom is -0.494 e. The van der Waals surface area contributed by atoms with Crippen LogP contribution in [0.3, 0.4) is 0 Å². The Morgan fingerprint density at radius 2 is 2.07 bits per heavy atom. The van der Waals surface area contributed by atoms with Gasteiger partial charge in [-0.05, 0) is 63.1 Å². The second-order valence-corrected chi connectivity index (χ2v) is 8.71. The highest BCUT2D eigenvalue weighted by Crippen LogP contribution is 2.36. The van der Waals surface area contributed by atoms with Gasteiger partial charge in [0.2, 0.25) is 0 Å². The molecule has 0 aliphatic rings. The van der Waals surface area contributed by atoms with Crippen LogP contribution in [0.2, 0.25) is 0 Å². The first-order chi connectivity index (χ1) is 13.5. The number of thiazole rings is 1. The molecule has 0 radical (unpaired) electrons. The predicted molar refractivity (Wildman–Crippen MR) is 120 cm³/mol. The Bertz CT molecular complexity index is 962. The molecule has 7 heteroatoms. The molecule has 0 spiro atoms. The van der Waals surface area contributed by atoms with E-state index in [1.807, 2.05) is 49.8 Å². The summed E-state index contributed by atoms with van der Waals surface area (Å²) in [5.74, 6) is 0.681. The number of methoxy groups -OCH3 is 1. The van der Waals surface area contributed by atoms with E-state index in [0.717, 1.165) is 39.4 Å². The highest BCUT2D eigenvalue weighted by molar-refractivity contribution is 7.22. The number of fused-ring (bicyclic) bond motifs is 1. The molecule has 0 aliphatic carbocycles. The first kappa shape index (κ1) is 20.5. The van der Waals surface area contributed by atoms with Crippen LogP contribution in [0, 0.1) is 6.92 Å². The third-order valence-electron chi connectivity index (χ3n) is 4.33. The average molecular weight is 416 g/mol. The maximum atomic E-state index is 13.0. The lowest BCUT2D eigenvalue weighted by Crippen LogP contribution is -2.32. The number of nitrogens with zero attached hydrogens (tertiary/aromatic N) is 3. The van der Waals surface area contributed by atoms with E-state index in [0.29, 0.717) is 11.7 Å². The van der Waals surface area contributed by atoms with Gasteiger partial charge < -0.3 is 9.64 Å². The number of thiophene rings is 1. The molecule has 0 unspecified atom stereocenters. The third-order valence-corrected chi connectivity index (χ3v) is 6.38. The lowest BCUT2D eigenvalue weighted by Gasteiger charge is -2.19. The molecule has 0 saturated carbocycles. The van der Waals surface area contributed by atoms with Crippen molar-refractivity contribution in [2.75, 3.05) is 39.2 Å². The second kappa shape index (κ2) is 9.32. The van der Waals surface area contributed by atoms with E-state index < -0.39 is 0 Å². The molecule has 0 bridgehead atoms. The van der Waals surface area contributed by atoms with Crippen LogP contribution in [0.15, 0.2) is 35.7 Å². The van der Waals surface area contributed by atoms with Gasteiger partial charge in [0, 0.05) is 17.5 Å². The summed E-state index contributed by atoms with van der Waals surface area (Å²) in [5, 5.41) is 2.71. The molecule has 1 aromatic carbocycles. The van der Waals surface area contributed by atoms with Crippen molar-refractivity contribution in [3.05, 3.63) is 46.2 Å². The highest BCUT2D eigenvalue weighted by Gasteiger charge is 2.20. The molecule has 0 saturated heterocycles. The molecule has 0 N–H and O–H groups in total. The first-order valence-corrected chi connectivity index (χ1v) is 10.8. The number of aryl methyl sites for hydroxylation is 1. The van der Waals surface area contributed by atoms with Crippen molar-refractivity contribution in [3.63, 3.8) is 0 Å². The van der Waals surface area contributed by atoms with Crippen LogP contribution in [0.4, 0.5) is 5.13 Å². The van der Waals surface area contributed by atoms with Gasteiger partial charge in [0.1, 0.15) is 11.3 Å². The van der Waals surface area contributed by atoms with Crippen LogP contribution in [-0.4, -0.2) is 50.1 Å². The molecule has 3 rings (SSSR count). The third kappa shape index (κ3) is 4.79. The van der Waals surface area contributed by atoms with Crippen LogP contribution in [0.25, 0.3) is 16.3 Å². The van der Waals surface area contributed by atoms with Crippen LogP contribution in [0.1, 0.15) is 16.9 Å². The summed E-state index contributed by atoms with van der Waals surface area (Å²) >= 11 is 3.15. The van der Waals surface area contributed by atoms with E-state index in [9.17, 15) is 4.79 Å². The minimum atomic E-state index is -0.0529. The Balaban J connectivity index is 1.92. The van der Waals surface area contributed by atoms with Gasteiger partial charge in [-0.25, -0.2) is 4.98 Å². The van der Waals surface area contributed by atoms with E-state index >= 15 is 0 Å². The SMILES string of the molecule is COc1ccc(C)c2sc(N(CCCN(C)C)C(=O)C=Cc3cccs3)nc12. The number of anilines is 1. The van der Waals surface area contributed by atoms with E-state index in [1.165, 1.54) is 0 Å². The van der Waals surface area contributed by atoms with Gasteiger partial charge in [-0.1, -0.05) is 23.5 Å². The molecule has 5 nitrogen and oxygen atoms in total. The summed E-state index contributed by atoms with van der Waals surface area (Å²) in [6.07, 6.45) is 4.38. The zero-order chi connectivity index (χ0) is 20.1. The van der Waals surface area contributed by atoms with Crippen molar-refractivity contribution in [1.29, 1.82) is 0 Å². The molecule has 2 heterocycles. The van der Waals surface area contributed by atoms with Gasteiger partial charge in [-0.15, -0.1) is 11.3 Å². The lowest BCUT2D eigenvalue weighted by atomic mass is 10.2. The topological polar surface area (TPSA) is 45.7 Å². The highest BCUT2D eigenvalue weighted by atomic mass is 32.1. The van der Waals surface area contributed by atoms with Gasteiger partial charge in [-0.2, -0.15) is 0 Å². The van der Waals surface area contributed by atoms with Gasteiger partial charge in [0.25, 0.3) is 5.91 Å². The Hall–Kier alpha value is -2.22. The second-order valence-electron chi connectivity index (χ2n) is 6.75. The maximum Gasteiger partial charge on any atom is 0.252 e. The first-order valence-electron chi connectivity index (χ1n) is 9.11. The standard InChI is InChI=1S/C21H25N3O2S2/c1-15-8-10-17(26-4)19-20(15)28-21(22-19)24(13-6-12-23(2)3)18(25)11-9-16-7-5-14-27-16/h5,7-11,14H,6,12-13H2,1-4H3. The van der Waals surface area contributed by atoms with E-state index in [1.54, 1.807) is 40.8 Å². The van der Waals surface area contributed by atoms with Crippen LogP contribution in [0.5, 0.6) is 5.75 Å². The molecule has 3 aromatic rings. The molecule has 148 valence electrons. The van der Waals surface area contributed by atoms with Gasteiger partial charge in [0.15, 0.2) is 5.13 Å². The number of ether oxygens (including phenoxy) is 1. The van der Waals surface area contributed by atoms with Crippen molar-refractivity contribution in [1.82, 2.24) is 9.88 Å². The Labute approximate surface area is 173 Å². The van der Waals surface area contributed by atoms with Crippen LogP contribution >= 0.6 is 22.7 Å². The number of hydrogen-bond acceptors (Lipinski definition) is 6. The van der Waals surface area contributed by atoms with Gasteiger partial charge in [-0.3, -0.25) is 9.69 Å². The van der Waals surface area contributed by atoms with Crippen molar-refractivity contribution in [3.8, 4) is 5.75 Å². The van der Waals surface area contributed by atoms with Crippen LogP contribution < -0.4 is 9.64 Å². The molecular formula is C21H25N3O2S2. The Kier molecular flexibility index (Phi) is 6.83. The van der Waals surface area contributed by atoms with Gasteiger partial charge >= 0.3 is 0 Å². The van der Waals surface area contributed by atoms with Crippen molar-refractivity contribution in [2.24, 2.45) is 0 Å². The zero-order valence-corrected chi connectivity index (χ0v) is 18.3. The number of rotatable bonds is 8. The van der Waals surface area contributed by atoms with Crippen molar-refractivity contribution < 1.29 is 9.53 Å². The summed E-state index contributed by atoms with van der Waals surface area (Å²) in [7, 11) is 5.72. The molecule has 0 fully saturated rings. The Morgan fingerprint density at radius 3 is 2.75 bits per heavy atom. The number of hydrogen-bond donors (Lipinski definition) is 0. The van der Waals surface area contributed by atoms with Crippen molar-refractivity contribution >= 4 is 50.0 Å². The van der Waals surface area contributed by atoms with E-state index in [2.05, 4.69) is 11.8 Å². The smallest absolute Gasteiger partial charge is 0.252 e. The fourth-order valence-corrected chi connectivity index (χ4v) is 4.55. The molecule has 0 atom stereocenters. The maximum absolute atomic E-state index is 13.0. The molecule has 0 aliphatic heterocycles. The summed E-state index contributed by atoms with van der Waals surface area (Å²) in [4.78, 5) is 22.7.